The van der Waals surface area contributed by atoms with Crippen LogP contribution in [0.5, 0.6) is 0 Å². The van der Waals surface area contributed by atoms with Gasteiger partial charge in [-0.3, -0.25) is 5.01 Å². The maximum Gasteiger partial charge on any atom is 0.123 e. The van der Waals surface area contributed by atoms with E-state index >= 15 is 0 Å². The molecule has 2 aromatic carbocycles. The second-order valence-electron chi connectivity index (χ2n) is 9.11. The Morgan fingerprint density at radius 2 is 1.87 bits per heavy atom. The van der Waals surface area contributed by atoms with E-state index in [0.29, 0.717) is 0 Å². The molecule has 4 rings (SSSR count). The predicted octanol–water partition coefficient (Wildman–Crippen LogP) is 5.99. The van der Waals surface area contributed by atoms with Crippen LogP contribution in [-0.2, 0) is 0 Å². The number of nitrogens with zero attached hydrogens (tertiary/aromatic N) is 1. The molecule has 0 amide bonds. The lowest BCUT2D eigenvalue weighted by molar-refractivity contribution is 0.0580. The van der Waals surface area contributed by atoms with Crippen LogP contribution in [-0.4, -0.2) is 11.2 Å². The third kappa shape index (κ3) is 3.98. The summed E-state index contributed by atoms with van der Waals surface area (Å²) < 4.78 is 13.3. The lowest BCUT2D eigenvalue weighted by atomic mass is 9.57. The minimum atomic E-state index is -0.600. The smallest absolute Gasteiger partial charge is 0.123 e. The molecule has 2 aromatic rings. The Balaban J connectivity index is 1.62. The van der Waals surface area contributed by atoms with Crippen molar-refractivity contribution >= 4 is 11.3 Å². The van der Waals surface area contributed by atoms with Gasteiger partial charge in [-0.15, -0.1) is 0 Å². The first-order valence-corrected chi connectivity index (χ1v) is 10.9. The van der Waals surface area contributed by atoms with Gasteiger partial charge >= 0.3 is 0 Å². The minimum Gasteiger partial charge on any atom is -0.388 e. The molecule has 0 heterocycles. The first-order valence-electron chi connectivity index (χ1n) is 10.9. The van der Waals surface area contributed by atoms with E-state index < -0.39 is 6.10 Å². The quantitative estimate of drug-likeness (QED) is 0.463. The maximum absolute atomic E-state index is 13.3. The Kier molecular flexibility index (Phi) is 5.87. The maximum atomic E-state index is 13.3. The fourth-order valence-electron chi connectivity index (χ4n) is 5.35. The van der Waals surface area contributed by atoms with Crippen LogP contribution < -0.4 is 10.9 Å². The molecule has 3 nitrogen and oxygen atoms in total. The van der Waals surface area contributed by atoms with Crippen LogP contribution in [0.3, 0.4) is 0 Å². The van der Waals surface area contributed by atoms with Crippen molar-refractivity contribution in [3.63, 3.8) is 0 Å². The summed E-state index contributed by atoms with van der Waals surface area (Å²) in [4.78, 5) is 0. The number of hydrazine groups is 1. The molecule has 4 heteroatoms. The van der Waals surface area contributed by atoms with Gasteiger partial charge in [0, 0.05) is 0 Å². The molecule has 0 bridgehead atoms. The fraction of sp³-hybridized carbons (Fsp3) is 0.333. The standard InChI is InChI=1S/C27H31FN2O/c1-18-17-27(3)21(16-25(18)30(29)23-14-12-22(28)13-15-23)10-7-11-24(27)26(31)19(2)20-8-5-4-6-9-20/h4-6,8-9,12-16,24,26,31H,2,7,10-11,17,29H2,1,3H3. The van der Waals surface area contributed by atoms with Crippen LogP contribution in [0, 0.1) is 17.2 Å². The van der Waals surface area contributed by atoms with E-state index in [1.54, 1.807) is 17.1 Å². The van der Waals surface area contributed by atoms with Crippen molar-refractivity contribution in [2.45, 2.75) is 45.6 Å². The summed E-state index contributed by atoms with van der Waals surface area (Å²) in [5.74, 6) is 6.25. The van der Waals surface area contributed by atoms with Gasteiger partial charge in [0.1, 0.15) is 5.82 Å². The minimum absolute atomic E-state index is 0.0914. The van der Waals surface area contributed by atoms with Gasteiger partial charge in [0.25, 0.3) is 0 Å². The number of rotatable bonds is 5. The number of aliphatic hydroxyl groups is 1. The number of aliphatic hydroxyl groups excluding tert-OH is 1. The van der Waals surface area contributed by atoms with Crippen molar-refractivity contribution in [3.8, 4) is 0 Å². The van der Waals surface area contributed by atoms with E-state index in [-0.39, 0.29) is 17.2 Å². The summed E-state index contributed by atoms with van der Waals surface area (Å²) >= 11 is 0. The van der Waals surface area contributed by atoms with Crippen LogP contribution in [0.15, 0.2) is 84.1 Å². The molecule has 3 atom stereocenters. The number of hydrogen-bond acceptors (Lipinski definition) is 3. The van der Waals surface area contributed by atoms with Gasteiger partial charge in [0.05, 0.1) is 17.5 Å². The topological polar surface area (TPSA) is 49.5 Å². The van der Waals surface area contributed by atoms with Crippen molar-refractivity contribution in [2.24, 2.45) is 17.2 Å². The largest absolute Gasteiger partial charge is 0.388 e. The zero-order valence-electron chi connectivity index (χ0n) is 18.3. The molecule has 0 saturated heterocycles. The number of allylic oxidation sites excluding steroid dienone is 3. The fourth-order valence-corrected chi connectivity index (χ4v) is 5.35. The highest BCUT2D eigenvalue weighted by Crippen LogP contribution is 2.54. The van der Waals surface area contributed by atoms with Crippen LogP contribution in [0.2, 0.25) is 0 Å². The summed E-state index contributed by atoms with van der Waals surface area (Å²) in [5, 5.41) is 13.0. The average molecular weight is 419 g/mol. The zero-order valence-corrected chi connectivity index (χ0v) is 18.3. The lowest BCUT2D eigenvalue weighted by Crippen LogP contribution is -2.43. The predicted molar refractivity (Wildman–Crippen MR) is 125 cm³/mol. The molecule has 1 fully saturated rings. The van der Waals surface area contributed by atoms with Crippen LogP contribution in [0.25, 0.3) is 5.57 Å². The number of hydrogen-bond donors (Lipinski definition) is 2. The Bertz CT molecular complexity index is 1020. The third-order valence-corrected chi connectivity index (χ3v) is 7.14. The van der Waals surface area contributed by atoms with Crippen molar-refractivity contribution in [1.82, 2.24) is 0 Å². The first-order chi connectivity index (χ1) is 14.8. The van der Waals surface area contributed by atoms with Crippen LogP contribution in [0.1, 0.15) is 45.1 Å². The van der Waals surface area contributed by atoms with E-state index in [0.717, 1.165) is 48.2 Å². The van der Waals surface area contributed by atoms with Crippen molar-refractivity contribution in [1.29, 1.82) is 0 Å². The number of benzene rings is 2. The van der Waals surface area contributed by atoms with Gasteiger partial charge < -0.3 is 5.11 Å². The van der Waals surface area contributed by atoms with Crippen LogP contribution in [0.4, 0.5) is 10.1 Å². The summed E-state index contributed by atoms with van der Waals surface area (Å²) in [6.45, 7) is 8.60. The van der Waals surface area contributed by atoms with Gasteiger partial charge in [-0.2, -0.15) is 0 Å². The normalized spacial score (nSPS) is 24.3. The highest BCUT2D eigenvalue weighted by molar-refractivity contribution is 5.67. The summed E-state index contributed by atoms with van der Waals surface area (Å²) in [5.41, 5.74) is 5.82. The van der Waals surface area contributed by atoms with E-state index in [2.05, 4.69) is 26.5 Å². The second kappa shape index (κ2) is 8.45. The number of halogens is 1. The van der Waals surface area contributed by atoms with Gasteiger partial charge in [-0.05, 0) is 91.0 Å². The third-order valence-electron chi connectivity index (χ3n) is 7.14. The molecular formula is C27H31FN2O. The molecule has 3 N–H and O–H groups in total. The molecule has 3 unspecified atom stereocenters. The molecule has 0 aromatic heterocycles. The Hall–Kier alpha value is -2.69. The number of anilines is 1. The van der Waals surface area contributed by atoms with E-state index in [1.165, 1.54) is 23.3 Å². The van der Waals surface area contributed by atoms with E-state index in [1.807, 2.05) is 30.3 Å². The molecule has 0 spiro atoms. The number of fused-ring (bicyclic) bond motifs is 1. The molecule has 0 aliphatic heterocycles. The Labute approximate surface area is 184 Å². The molecule has 0 radical (unpaired) electrons. The molecular weight excluding hydrogens is 387 g/mol. The number of nitrogens with two attached hydrogens (primary N) is 1. The molecule has 2 aliphatic carbocycles. The monoisotopic (exact) mass is 418 g/mol. The van der Waals surface area contributed by atoms with Gasteiger partial charge in [0.2, 0.25) is 0 Å². The van der Waals surface area contributed by atoms with Gasteiger partial charge in [0.15, 0.2) is 0 Å². The molecule has 1 saturated carbocycles. The SMILES string of the molecule is C=C(c1ccccc1)C(O)C1CCCC2=CC(N(N)c3ccc(F)cc3)=C(C)CC21C. The highest BCUT2D eigenvalue weighted by Gasteiger charge is 2.46. The molecule has 31 heavy (non-hydrogen) atoms. The van der Waals surface area contributed by atoms with Crippen molar-refractivity contribution in [2.75, 3.05) is 5.01 Å². The van der Waals surface area contributed by atoms with Crippen molar-refractivity contribution in [3.05, 3.63) is 95.5 Å². The van der Waals surface area contributed by atoms with E-state index in [4.69, 9.17) is 5.84 Å². The molecule has 2 aliphatic rings. The van der Waals surface area contributed by atoms with E-state index in [9.17, 15) is 9.50 Å². The second-order valence-corrected chi connectivity index (χ2v) is 9.11. The summed E-state index contributed by atoms with van der Waals surface area (Å²) in [7, 11) is 0. The van der Waals surface area contributed by atoms with Crippen molar-refractivity contribution < 1.29 is 9.50 Å². The lowest BCUT2D eigenvalue weighted by Gasteiger charge is -2.49. The summed E-state index contributed by atoms with van der Waals surface area (Å²) in [6.07, 6.45) is 5.40. The van der Waals surface area contributed by atoms with Gasteiger partial charge in [-0.1, -0.05) is 49.4 Å². The first kappa shape index (κ1) is 21.5. The highest BCUT2D eigenvalue weighted by atomic mass is 19.1. The average Bonchev–Trinajstić information content (AvgIpc) is 2.77. The summed E-state index contributed by atoms with van der Waals surface area (Å²) in [6, 6.07) is 16.2. The Morgan fingerprint density at radius 1 is 1.19 bits per heavy atom. The molecule has 162 valence electrons. The van der Waals surface area contributed by atoms with Crippen LogP contribution >= 0.6 is 0 Å². The zero-order chi connectivity index (χ0) is 22.2. The van der Waals surface area contributed by atoms with Gasteiger partial charge in [-0.25, -0.2) is 10.2 Å². The Morgan fingerprint density at radius 3 is 2.55 bits per heavy atom.